The van der Waals surface area contributed by atoms with E-state index in [2.05, 4.69) is 22.6 Å². The molecule has 3 atom stereocenters. The van der Waals surface area contributed by atoms with E-state index in [4.69, 9.17) is 5.73 Å². The monoisotopic (exact) mass is 495 g/mol. The summed E-state index contributed by atoms with van der Waals surface area (Å²) in [6.45, 7) is 0. The molecule has 1 fully saturated rings. The molecule has 28 heavy (non-hydrogen) atoms. The van der Waals surface area contributed by atoms with Gasteiger partial charge in [0, 0.05) is 15.6 Å². The van der Waals surface area contributed by atoms with Crippen LogP contribution in [0.5, 0.6) is 5.75 Å². The minimum absolute atomic E-state index is 0.0312. The Labute approximate surface area is 174 Å². The lowest BCUT2D eigenvalue weighted by atomic mass is 9.64. The third-order valence-electron chi connectivity index (χ3n) is 6.01. The number of phenolic OH excluding ortho intramolecular Hbond substituents is 1. The molecule has 0 aromatic heterocycles. The Balaban J connectivity index is 1.89. The predicted molar refractivity (Wildman–Crippen MR) is 107 cm³/mol. The molecule has 0 spiro atoms. The van der Waals surface area contributed by atoms with Gasteiger partial charge in [-0.1, -0.05) is 0 Å². The van der Waals surface area contributed by atoms with Gasteiger partial charge in [0.05, 0.1) is 11.5 Å². The van der Waals surface area contributed by atoms with E-state index in [1.165, 1.54) is 6.07 Å². The maximum Gasteiger partial charge on any atom is 0.255 e. The van der Waals surface area contributed by atoms with Crippen molar-refractivity contribution in [3.63, 3.8) is 0 Å². The van der Waals surface area contributed by atoms with Gasteiger partial charge in [0.25, 0.3) is 5.91 Å². The van der Waals surface area contributed by atoms with Gasteiger partial charge >= 0.3 is 0 Å². The number of aliphatic hydroxyl groups excluding tert-OH is 2. The van der Waals surface area contributed by atoms with E-state index in [1.54, 1.807) is 6.07 Å². The van der Waals surface area contributed by atoms with Gasteiger partial charge in [-0.05, 0) is 71.4 Å². The highest BCUT2D eigenvalue weighted by molar-refractivity contribution is 14.1. The van der Waals surface area contributed by atoms with E-state index < -0.39 is 34.7 Å². The normalized spacial score (nSPS) is 27.1. The average Bonchev–Trinajstić information content (AvgIpc) is 2.74. The van der Waals surface area contributed by atoms with Crippen molar-refractivity contribution in [3.05, 3.63) is 43.7 Å². The first-order valence-electron chi connectivity index (χ1n) is 8.96. The van der Waals surface area contributed by atoms with E-state index in [0.29, 0.717) is 19.3 Å². The first kappa shape index (κ1) is 19.0. The minimum Gasteiger partial charge on any atom is -0.511 e. The number of allylic oxidation sites excluding steroid dienone is 2. The zero-order valence-electron chi connectivity index (χ0n) is 14.7. The molecule has 0 saturated heterocycles. The van der Waals surface area contributed by atoms with E-state index >= 15 is 0 Å². The number of aliphatic hydroxyl groups is 2. The standard InChI is InChI=1S/C20H18INO6/c21-10-2-4-11(23)15-9(10)6-8-5-7-1-3-12(24)16(20(22)28)19(27)13(7)17(25)14(8)18(15)26/h2,4,7-8,13,23,26-27H,1,3,5-6H2,(H2,22,28). The molecular weight excluding hydrogens is 477 g/mol. The van der Waals surface area contributed by atoms with Crippen LogP contribution in [0.3, 0.4) is 0 Å². The number of hydrogen-bond acceptors (Lipinski definition) is 6. The third kappa shape index (κ3) is 2.65. The van der Waals surface area contributed by atoms with Crippen LogP contribution >= 0.6 is 22.6 Å². The first-order chi connectivity index (χ1) is 13.2. The maximum atomic E-state index is 13.3. The Hall–Kier alpha value is -2.36. The van der Waals surface area contributed by atoms with Crippen LogP contribution in [0.15, 0.2) is 29.0 Å². The van der Waals surface area contributed by atoms with E-state index in [0.717, 1.165) is 9.13 Å². The van der Waals surface area contributed by atoms with E-state index in [-0.39, 0.29) is 40.9 Å². The summed E-state index contributed by atoms with van der Waals surface area (Å²) in [7, 11) is 0. The van der Waals surface area contributed by atoms with Gasteiger partial charge in [-0.3, -0.25) is 14.4 Å². The quantitative estimate of drug-likeness (QED) is 0.349. The van der Waals surface area contributed by atoms with Gasteiger partial charge < -0.3 is 21.1 Å². The molecule has 0 radical (unpaired) electrons. The number of fused-ring (bicyclic) bond motifs is 3. The highest BCUT2D eigenvalue weighted by Crippen LogP contribution is 2.50. The summed E-state index contributed by atoms with van der Waals surface area (Å²) in [6, 6.07) is 3.21. The summed E-state index contributed by atoms with van der Waals surface area (Å²) in [5.74, 6) is -4.86. The maximum absolute atomic E-state index is 13.3. The summed E-state index contributed by atoms with van der Waals surface area (Å²) in [5.41, 5.74) is 5.88. The van der Waals surface area contributed by atoms with Crippen molar-refractivity contribution in [3.8, 4) is 5.75 Å². The van der Waals surface area contributed by atoms with Crippen molar-refractivity contribution < 1.29 is 29.7 Å². The third-order valence-corrected chi connectivity index (χ3v) is 7.02. The molecular formula is C20H18INO6. The molecule has 3 aliphatic rings. The van der Waals surface area contributed by atoms with Crippen molar-refractivity contribution in [2.45, 2.75) is 25.7 Å². The molecule has 4 rings (SSSR count). The van der Waals surface area contributed by atoms with Crippen molar-refractivity contribution in [2.75, 3.05) is 0 Å². The van der Waals surface area contributed by atoms with E-state index in [1.807, 2.05) is 0 Å². The van der Waals surface area contributed by atoms with E-state index in [9.17, 15) is 29.7 Å². The number of carbonyl (C=O) groups is 3. The molecule has 146 valence electrons. The molecule has 0 heterocycles. The number of nitrogens with two attached hydrogens (primary N) is 1. The molecule has 1 saturated carbocycles. The lowest BCUT2D eigenvalue weighted by Crippen LogP contribution is -2.39. The molecule has 5 N–H and O–H groups in total. The van der Waals surface area contributed by atoms with Gasteiger partial charge in [0.2, 0.25) is 0 Å². The van der Waals surface area contributed by atoms with Crippen LogP contribution in [-0.2, 0) is 20.8 Å². The van der Waals surface area contributed by atoms with Crippen molar-refractivity contribution in [1.82, 2.24) is 0 Å². The number of carbonyl (C=O) groups excluding carboxylic acids is 3. The van der Waals surface area contributed by atoms with Crippen LogP contribution in [0.1, 0.15) is 30.4 Å². The minimum atomic E-state index is -1.09. The molecule has 0 aliphatic heterocycles. The van der Waals surface area contributed by atoms with Crippen molar-refractivity contribution in [1.29, 1.82) is 0 Å². The number of halogens is 1. The lowest BCUT2D eigenvalue weighted by Gasteiger charge is -2.39. The van der Waals surface area contributed by atoms with Crippen LogP contribution in [-0.4, -0.2) is 32.8 Å². The number of benzene rings is 1. The topological polar surface area (TPSA) is 138 Å². The predicted octanol–water partition coefficient (Wildman–Crippen LogP) is 2.30. The zero-order valence-corrected chi connectivity index (χ0v) is 16.9. The van der Waals surface area contributed by atoms with Gasteiger partial charge in [-0.25, -0.2) is 0 Å². The second-order valence-electron chi connectivity index (χ2n) is 7.51. The average molecular weight is 495 g/mol. The molecule has 0 bridgehead atoms. The van der Waals surface area contributed by atoms with Crippen molar-refractivity contribution >= 4 is 45.8 Å². The second-order valence-corrected chi connectivity index (χ2v) is 8.67. The molecule has 3 aliphatic carbocycles. The second kappa shape index (κ2) is 6.61. The van der Waals surface area contributed by atoms with Gasteiger partial charge in [0.15, 0.2) is 11.6 Å². The molecule has 1 aromatic rings. The summed E-state index contributed by atoms with van der Waals surface area (Å²) in [4.78, 5) is 37.2. The van der Waals surface area contributed by atoms with Crippen molar-refractivity contribution in [2.24, 2.45) is 23.5 Å². The number of primary amides is 1. The summed E-state index contributed by atoms with van der Waals surface area (Å²) >= 11 is 2.12. The fourth-order valence-electron chi connectivity index (χ4n) is 4.79. The number of rotatable bonds is 1. The Morgan fingerprint density at radius 1 is 1.18 bits per heavy atom. The van der Waals surface area contributed by atoms with Crippen LogP contribution < -0.4 is 5.73 Å². The first-order valence-corrected chi connectivity index (χ1v) is 10.0. The number of aromatic hydroxyl groups is 1. The number of hydrogen-bond donors (Lipinski definition) is 4. The largest absolute Gasteiger partial charge is 0.511 e. The fourth-order valence-corrected chi connectivity index (χ4v) is 5.46. The molecule has 8 heteroatoms. The Morgan fingerprint density at radius 2 is 1.89 bits per heavy atom. The van der Waals surface area contributed by atoms with Crippen LogP contribution in [0, 0.1) is 21.3 Å². The number of amides is 1. The molecule has 1 aromatic carbocycles. The highest BCUT2D eigenvalue weighted by Gasteiger charge is 2.49. The zero-order chi connectivity index (χ0) is 20.3. The molecule has 1 amide bonds. The van der Waals surface area contributed by atoms with Gasteiger partial charge in [-0.2, -0.15) is 0 Å². The number of phenols is 1. The van der Waals surface area contributed by atoms with Gasteiger partial charge in [-0.15, -0.1) is 0 Å². The Kier molecular flexibility index (Phi) is 4.48. The van der Waals surface area contributed by atoms with Crippen LogP contribution in [0.2, 0.25) is 0 Å². The molecule has 7 nitrogen and oxygen atoms in total. The molecule has 3 unspecified atom stereocenters. The smallest absolute Gasteiger partial charge is 0.255 e. The van der Waals surface area contributed by atoms with Gasteiger partial charge in [0.1, 0.15) is 22.8 Å². The number of ketones is 2. The summed E-state index contributed by atoms with van der Waals surface area (Å²) < 4.78 is 0.875. The number of Topliss-reactive ketones (excluding diaryl/α,β-unsaturated/α-hetero) is 2. The SMILES string of the molecule is NC(=O)C1=C(O)C2C(=O)C3=C(O)c4c(O)ccc(I)c4CC3CC2CCC1=O. The lowest BCUT2D eigenvalue weighted by molar-refractivity contribution is -0.123. The van der Waals surface area contributed by atoms with Crippen LogP contribution in [0.4, 0.5) is 0 Å². The Bertz CT molecular complexity index is 1010. The highest BCUT2D eigenvalue weighted by atomic mass is 127. The summed E-state index contributed by atoms with van der Waals surface area (Å²) in [5, 5.41) is 31.7. The van der Waals surface area contributed by atoms with Crippen LogP contribution in [0.25, 0.3) is 5.76 Å². The fraction of sp³-hybridized carbons (Fsp3) is 0.350. The summed E-state index contributed by atoms with van der Waals surface area (Å²) in [6.07, 6.45) is 1.33. The Morgan fingerprint density at radius 3 is 2.57 bits per heavy atom.